The maximum Gasteiger partial charge on any atom is 0.227 e. The summed E-state index contributed by atoms with van der Waals surface area (Å²) in [6, 6.07) is 6.67. The number of benzene rings is 1. The van der Waals surface area contributed by atoms with Crippen LogP contribution in [-0.2, 0) is 11.2 Å². The highest BCUT2D eigenvalue weighted by Gasteiger charge is 2.35. The first-order chi connectivity index (χ1) is 9.56. The van der Waals surface area contributed by atoms with Gasteiger partial charge in [-0.3, -0.25) is 4.79 Å². The third-order valence-electron chi connectivity index (χ3n) is 4.91. The molecule has 1 aliphatic rings. The van der Waals surface area contributed by atoms with E-state index in [4.69, 9.17) is 5.73 Å². The van der Waals surface area contributed by atoms with E-state index in [1.807, 2.05) is 13.8 Å². The number of hydrogen-bond donors (Lipinski definition) is 2. The van der Waals surface area contributed by atoms with Crippen LogP contribution in [0.5, 0.6) is 0 Å². The molecular formula is C17H26N2O. The number of amides is 1. The van der Waals surface area contributed by atoms with Gasteiger partial charge in [-0.2, -0.15) is 0 Å². The van der Waals surface area contributed by atoms with Crippen LogP contribution in [0.3, 0.4) is 0 Å². The molecular weight excluding hydrogens is 248 g/mol. The van der Waals surface area contributed by atoms with Gasteiger partial charge in [0.15, 0.2) is 0 Å². The van der Waals surface area contributed by atoms with E-state index in [0.717, 1.165) is 25.7 Å². The van der Waals surface area contributed by atoms with Crippen LogP contribution in [0.4, 0.5) is 0 Å². The number of hydrogen-bond acceptors (Lipinski definition) is 2. The Kier molecular flexibility index (Phi) is 4.48. The topological polar surface area (TPSA) is 55.1 Å². The fourth-order valence-electron chi connectivity index (χ4n) is 3.16. The zero-order valence-electron chi connectivity index (χ0n) is 12.8. The van der Waals surface area contributed by atoms with Crippen molar-refractivity contribution < 1.29 is 4.79 Å². The monoisotopic (exact) mass is 274 g/mol. The summed E-state index contributed by atoms with van der Waals surface area (Å²) in [7, 11) is 0. The van der Waals surface area contributed by atoms with Gasteiger partial charge in [0.1, 0.15) is 0 Å². The third kappa shape index (κ3) is 2.59. The summed E-state index contributed by atoms with van der Waals surface area (Å²) in [5.41, 5.74) is 9.39. The predicted octanol–water partition coefficient (Wildman–Crippen LogP) is 2.86. The van der Waals surface area contributed by atoms with Gasteiger partial charge < -0.3 is 11.1 Å². The van der Waals surface area contributed by atoms with Gasteiger partial charge in [0.05, 0.1) is 11.5 Å². The Morgan fingerprint density at radius 3 is 2.70 bits per heavy atom. The molecule has 0 bridgehead atoms. The van der Waals surface area contributed by atoms with Crippen LogP contribution >= 0.6 is 0 Å². The number of rotatable bonds is 5. The number of carbonyl (C=O) groups is 1. The summed E-state index contributed by atoms with van der Waals surface area (Å²) in [5, 5.41) is 3.23. The fourth-order valence-corrected chi connectivity index (χ4v) is 3.16. The van der Waals surface area contributed by atoms with Crippen molar-refractivity contribution in [1.82, 2.24) is 5.32 Å². The Hall–Kier alpha value is -1.35. The summed E-state index contributed by atoms with van der Waals surface area (Å²) in [6.45, 7) is 6.61. The van der Waals surface area contributed by atoms with Gasteiger partial charge in [0, 0.05) is 6.54 Å². The van der Waals surface area contributed by atoms with Crippen LogP contribution in [-0.4, -0.2) is 12.5 Å². The number of fused-ring (bicyclic) bond motifs is 1. The quantitative estimate of drug-likeness (QED) is 0.867. The molecule has 1 unspecified atom stereocenters. The number of aryl methyl sites for hydroxylation is 2. The molecule has 3 N–H and O–H groups in total. The van der Waals surface area contributed by atoms with Crippen molar-refractivity contribution in [2.24, 2.45) is 11.1 Å². The highest BCUT2D eigenvalue weighted by Crippen LogP contribution is 2.33. The van der Waals surface area contributed by atoms with Crippen molar-refractivity contribution in [1.29, 1.82) is 0 Å². The molecule has 3 heteroatoms. The fraction of sp³-hybridized carbons (Fsp3) is 0.588. The van der Waals surface area contributed by atoms with Crippen LogP contribution in [0.1, 0.15) is 55.8 Å². The molecule has 2 rings (SSSR count). The van der Waals surface area contributed by atoms with E-state index in [0.29, 0.717) is 6.54 Å². The lowest BCUT2D eigenvalue weighted by Crippen LogP contribution is -2.46. The number of carbonyl (C=O) groups excluding carboxylic acids is 1. The summed E-state index contributed by atoms with van der Waals surface area (Å²) in [4.78, 5) is 12.6. The molecule has 0 fully saturated rings. The van der Waals surface area contributed by atoms with Gasteiger partial charge >= 0.3 is 0 Å². The molecule has 0 aromatic heterocycles. The summed E-state index contributed by atoms with van der Waals surface area (Å²) in [6.07, 6.45) is 3.63. The Bertz CT molecular complexity index is 483. The molecule has 1 aromatic rings. The first kappa shape index (κ1) is 15.0. The van der Waals surface area contributed by atoms with E-state index in [1.165, 1.54) is 16.7 Å². The summed E-state index contributed by atoms with van der Waals surface area (Å²) >= 11 is 0. The zero-order chi connectivity index (χ0) is 14.8. The van der Waals surface area contributed by atoms with Crippen molar-refractivity contribution in [2.75, 3.05) is 6.54 Å². The largest absolute Gasteiger partial charge is 0.349 e. The van der Waals surface area contributed by atoms with Crippen LogP contribution in [0.25, 0.3) is 0 Å². The van der Waals surface area contributed by atoms with Crippen LogP contribution in [0.2, 0.25) is 0 Å². The molecule has 0 saturated heterocycles. The van der Waals surface area contributed by atoms with E-state index in [1.54, 1.807) is 0 Å². The number of nitrogens with one attached hydrogen (secondary N) is 1. The van der Waals surface area contributed by atoms with Crippen molar-refractivity contribution in [3.63, 3.8) is 0 Å². The second-order valence-electron chi connectivity index (χ2n) is 5.96. The van der Waals surface area contributed by atoms with Gasteiger partial charge in [-0.05, 0) is 43.7 Å². The Morgan fingerprint density at radius 2 is 2.10 bits per heavy atom. The highest BCUT2D eigenvalue weighted by atomic mass is 16.2. The average Bonchev–Trinajstić information content (AvgIpc) is 2.83. The van der Waals surface area contributed by atoms with E-state index >= 15 is 0 Å². The molecule has 110 valence electrons. The van der Waals surface area contributed by atoms with E-state index in [2.05, 4.69) is 30.4 Å². The van der Waals surface area contributed by atoms with Crippen molar-refractivity contribution in [3.8, 4) is 0 Å². The van der Waals surface area contributed by atoms with E-state index < -0.39 is 5.41 Å². The van der Waals surface area contributed by atoms with Gasteiger partial charge in [-0.1, -0.05) is 37.6 Å². The lowest BCUT2D eigenvalue weighted by atomic mass is 9.81. The molecule has 0 radical (unpaired) electrons. The van der Waals surface area contributed by atoms with Gasteiger partial charge in [-0.25, -0.2) is 0 Å². The standard InChI is InChI=1S/C17H26N2O/c1-4-17(5-2,11-18)16(20)19-15-9-7-13-10-12(3)6-8-14(13)15/h6,8,10,15H,4-5,7,9,11,18H2,1-3H3,(H,19,20). The Morgan fingerprint density at radius 1 is 1.40 bits per heavy atom. The molecule has 0 aliphatic heterocycles. The minimum Gasteiger partial charge on any atom is -0.349 e. The zero-order valence-corrected chi connectivity index (χ0v) is 12.8. The molecule has 1 aromatic carbocycles. The first-order valence-electron chi connectivity index (χ1n) is 7.66. The van der Waals surface area contributed by atoms with E-state index in [9.17, 15) is 4.79 Å². The van der Waals surface area contributed by atoms with E-state index in [-0.39, 0.29) is 11.9 Å². The van der Waals surface area contributed by atoms with Crippen LogP contribution < -0.4 is 11.1 Å². The lowest BCUT2D eigenvalue weighted by molar-refractivity contribution is -0.131. The van der Waals surface area contributed by atoms with Crippen molar-refractivity contribution in [3.05, 3.63) is 34.9 Å². The molecule has 0 spiro atoms. The average molecular weight is 274 g/mol. The first-order valence-corrected chi connectivity index (χ1v) is 7.66. The van der Waals surface area contributed by atoms with Gasteiger partial charge in [0.2, 0.25) is 5.91 Å². The maximum absolute atomic E-state index is 12.6. The molecule has 1 aliphatic carbocycles. The van der Waals surface area contributed by atoms with Gasteiger partial charge in [0.25, 0.3) is 0 Å². The second-order valence-corrected chi connectivity index (χ2v) is 5.96. The van der Waals surface area contributed by atoms with Gasteiger partial charge in [-0.15, -0.1) is 0 Å². The van der Waals surface area contributed by atoms with Crippen LogP contribution in [0.15, 0.2) is 18.2 Å². The molecule has 0 heterocycles. The number of nitrogens with two attached hydrogens (primary N) is 1. The minimum absolute atomic E-state index is 0.114. The lowest BCUT2D eigenvalue weighted by Gasteiger charge is -2.30. The Balaban J connectivity index is 2.15. The van der Waals surface area contributed by atoms with Crippen molar-refractivity contribution >= 4 is 5.91 Å². The van der Waals surface area contributed by atoms with Crippen molar-refractivity contribution in [2.45, 2.75) is 52.5 Å². The maximum atomic E-state index is 12.6. The molecule has 1 atom stereocenters. The predicted molar refractivity (Wildman–Crippen MR) is 82.5 cm³/mol. The molecule has 1 amide bonds. The highest BCUT2D eigenvalue weighted by molar-refractivity contribution is 5.83. The third-order valence-corrected chi connectivity index (χ3v) is 4.91. The molecule has 3 nitrogen and oxygen atoms in total. The second kappa shape index (κ2) is 5.96. The summed E-state index contributed by atoms with van der Waals surface area (Å²) in [5.74, 6) is 0.114. The summed E-state index contributed by atoms with van der Waals surface area (Å²) < 4.78 is 0. The smallest absolute Gasteiger partial charge is 0.227 e. The molecule has 20 heavy (non-hydrogen) atoms. The molecule has 0 saturated carbocycles. The Labute approximate surface area is 121 Å². The van der Waals surface area contributed by atoms with Crippen LogP contribution in [0, 0.1) is 12.3 Å². The normalized spacial score (nSPS) is 17.9. The minimum atomic E-state index is -0.409. The SMILES string of the molecule is CCC(CC)(CN)C(=O)NC1CCc2cc(C)ccc21.